The summed E-state index contributed by atoms with van der Waals surface area (Å²) in [5.41, 5.74) is 1.88. The molecule has 3 aromatic rings. The molecule has 40 heavy (non-hydrogen) atoms. The van der Waals surface area contributed by atoms with Crippen LogP contribution in [0.4, 0.5) is 0 Å². The highest BCUT2D eigenvalue weighted by Crippen LogP contribution is 2.26. The van der Waals surface area contributed by atoms with E-state index in [0.29, 0.717) is 34.7 Å². The lowest BCUT2D eigenvalue weighted by atomic mass is 10.1. The Kier molecular flexibility index (Phi) is 8.73. The molecule has 0 atom stereocenters. The molecule has 0 saturated carbocycles. The first-order valence-corrected chi connectivity index (χ1v) is 16.2. The van der Waals surface area contributed by atoms with Crippen LogP contribution in [0.25, 0.3) is 10.9 Å². The van der Waals surface area contributed by atoms with Crippen LogP contribution in [-0.2, 0) is 32.4 Å². The van der Waals surface area contributed by atoms with Crippen LogP contribution < -0.4 is 5.56 Å². The second-order valence-corrected chi connectivity index (χ2v) is 14.3. The van der Waals surface area contributed by atoms with Crippen molar-refractivity contribution in [2.45, 2.75) is 50.6 Å². The van der Waals surface area contributed by atoms with Crippen molar-refractivity contribution < 1.29 is 17.9 Å². The second-order valence-electron chi connectivity index (χ2n) is 10.8. The van der Waals surface area contributed by atoms with Gasteiger partial charge in [-0.1, -0.05) is 34.5 Å². The third kappa shape index (κ3) is 6.46. The maximum Gasteiger partial charge on any atom is 0.261 e. The van der Waals surface area contributed by atoms with Crippen molar-refractivity contribution in [2.24, 2.45) is 0 Å². The molecule has 0 N–H and O–H groups in total. The highest BCUT2D eigenvalue weighted by atomic mass is 79.9. The zero-order chi connectivity index (χ0) is 28.7. The minimum absolute atomic E-state index is 0.0426. The maximum atomic E-state index is 13.4. The van der Waals surface area contributed by atoms with Crippen LogP contribution in [0.2, 0.25) is 5.02 Å². The van der Waals surface area contributed by atoms with Gasteiger partial charge >= 0.3 is 0 Å². The Labute approximate surface area is 248 Å². The van der Waals surface area contributed by atoms with Gasteiger partial charge in [0.25, 0.3) is 5.56 Å². The quantitative estimate of drug-likeness (QED) is 0.379. The number of piperazine rings is 1. The van der Waals surface area contributed by atoms with Crippen LogP contribution in [-0.4, -0.2) is 84.7 Å². The first-order valence-electron chi connectivity index (χ1n) is 13.4. The Balaban J connectivity index is 1.30. The summed E-state index contributed by atoms with van der Waals surface area (Å²) in [6.07, 6.45) is 1.47. The average molecular weight is 654 g/mol. The van der Waals surface area contributed by atoms with Gasteiger partial charge in [0.15, 0.2) is 15.6 Å². The third-order valence-corrected chi connectivity index (χ3v) is 10.4. The predicted octanol–water partition coefficient (Wildman–Crippen LogP) is 3.92. The van der Waals surface area contributed by atoms with Crippen LogP contribution in [0, 0.1) is 0 Å². The molecule has 0 spiro atoms. The van der Waals surface area contributed by atoms with Crippen molar-refractivity contribution >= 4 is 48.3 Å². The first-order chi connectivity index (χ1) is 19.0. The Morgan fingerprint density at radius 3 is 2.42 bits per heavy atom. The smallest absolute Gasteiger partial charge is 0.261 e. The topological polar surface area (TPSA) is 94.0 Å². The van der Waals surface area contributed by atoms with E-state index in [4.69, 9.17) is 21.1 Å². The molecular weight excluding hydrogens is 620 g/mol. The Bertz CT molecular complexity index is 1560. The SMILES string of the molecule is CCS(=O)(=O)c1ccc(Cl)cc1Cn1cnc2cc(CN3CCN(C4COC(C)(C)OC4)CC3)c(Br)cc2c1=O. The molecule has 9 nitrogen and oxygen atoms in total. The monoisotopic (exact) mass is 652 g/mol. The van der Waals surface area contributed by atoms with Crippen molar-refractivity contribution in [1.29, 1.82) is 0 Å². The van der Waals surface area contributed by atoms with E-state index >= 15 is 0 Å². The van der Waals surface area contributed by atoms with Crippen molar-refractivity contribution in [1.82, 2.24) is 19.4 Å². The maximum absolute atomic E-state index is 13.4. The van der Waals surface area contributed by atoms with E-state index in [2.05, 4.69) is 30.7 Å². The molecule has 1 aromatic heterocycles. The molecule has 12 heteroatoms. The zero-order valence-electron chi connectivity index (χ0n) is 22.9. The van der Waals surface area contributed by atoms with Gasteiger partial charge in [0.05, 0.1) is 53.7 Å². The normalized spacial score (nSPS) is 19.3. The molecule has 3 heterocycles. The molecule has 2 fully saturated rings. The Morgan fingerprint density at radius 2 is 1.75 bits per heavy atom. The zero-order valence-corrected chi connectivity index (χ0v) is 26.1. The molecule has 5 rings (SSSR count). The number of fused-ring (bicyclic) bond motifs is 1. The number of hydrogen-bond donors (Lipinski definition) is 0. The van der Waals surface area contributed by atoms with Crippen LogP contribution in [0.3, 0.4) is 0 Å². The fourth-order valence-electron chi connectivity index (χ4n) is 5.19. The number of benzene rings is 2. The van der Waals surface area contributed by atoms with Gasteiger partial charge in [-0.05, 0) is 55.3 Å². The van der Waals surface area contributed by atoms with Crippen molar-refractivity contribution in [3.05, 3.63) is 67.6 Å². The van der Waals surface area contributed by atoms with Gasteiger partial charge in [0.1, 0.15) is 0 Å². The number of aromatic nitrogens is 2. The molecule has 216 valence electrons. The van der Waals surface area contributed by atoms with Gasteiger partial charge in [-0.15, -0.1) is 0 Å². The van der Waals surface area contributed by atoms with E-state index in [0.717, 1.165) is 42.8 Å². The summed E-state index contributed by atoms with van der Waals surface area (Å²) in [5, 5.41) is 0.870. The molecule has 2 aliphatic heterocycles. The standard InChI is InChI=1S/C28H34BrClN4O5S/c1-4-40(36,37)26-6-5-21(30)11-20(26)15-34-18-31-25-12-19(24(29)13-23(25)27(34)35)14-32-7-9-33(10-8-32)22-16-38-28(2,3)39-17-22/h5-6,11-13,18,22H,4,7-10,14-17H2,1-3H3. The van der Waals surface area contributed by atoms with Gasteiger partial charge < -0.3 is 9.47 Å². The fourth-order valence-corrected chi connectivity index (χ4v) is 6.96. The van der Waals surface area contributed by atoms with E-state index in [1.54, 1.807) is 19.1 Å². The van der Waals surface area contributed by atoms with Gasteiger partial charge in [0, 0.05) is 42.2 Å². The number of hydrogen-bond acceptors (Lipinski definition) is 8. The van der Waals surface area contributed by atoms with Gasteiger partial charge in [-0.3, -0.25) is 19.2 Å². The Morgan fingerprint density at radius 1 is 1.05 bits per heavy atom. The van der Waals surface area contributed by atoms with E-state index in [1.807, 2.05) is 26.0 Å². The van der Waals surface area contributed by atoms with E-state index in [1.165, 1.54) is 17.0 Å². The minimum Gasteiger partial charge on any atom is -0.349 e. The largest absolute Gasteiger partial charge is 0.349 e. The van der Waals surface area contributed by atoms with Crippen LogP contribution >= 0.6 is 27.5 Å². The molecular formula is C28H34BrClN4O5S. The summed E-state index contributed by atoms with van der Waals surface area (Å²) in [4.78, 5) is 23.0. The van der Waals surface area contributed by atoms with Crippen molar-refractivity contribution in [3.8, 4) is 0 Å². The number of sulfone groups is 1. The summed E-state index contributed by atoms with van der Waals surface area (Å²) >= 11 is 9.83. The van der Waals surface area contributed by atoms with Gasteiger partial charge in [-0.25, -0.2) is 13.4 Å². The summed E-state index contributed by atoms with van der Waals surface area (Å²) < 4.78 is 39.2. The highest BCUT2D eigenvalue weighted by molar-refractivity contribution is 9.10. The summed E-state index contributed by atoms with van der Waals surface area (Å²) in [7, 11) is -3.48. The van der Waals surface area contributed by atoms with E-state index in [-0.39, 0.29) is 28.8 Å². The van der Waals surface area contributed by atoms with Gasteiger partial charge in [0.2, 0.25) is 0 Å². The lowest BCUT2D eigenvalue weighted by Crippen LogP contribution is -2.56. The molecule has 0 aliphatic carbocycles. The van der Waals surface area contributed by atoms with Crippen LogP contribution in [0.5, 0.6) is 0 Å². The average Bonchev–Trinajstić information content (AvgIpc) is 2.92. The lowest BCUT2D eigenvalue weighted by molar-refractivity contribution is -0.264. The predicted molar refractivity (Wildman–Crippen MR) is 159 cm³/mol. The molecule has 0 unspecified atom stereocenters. The van der Waals surface area contributed by atoms with E-state index < -0.39 is 15.6 Å². The number of halogens is 2. The molecule has 2 aliphatic rings. The van der Waals surface area contributed by atoms with Crippen molar-refractivity contribution in [3.63, 3.8) is 0 Å². The third-order valence-electron chi connectivity index (χ3n) is 7.63. The fraction of sp³-hybridized carbons (Fsp3) is 0.500. The first kappa shape index (κ1) is 29.6. The number of rotatable bonds is 7. The number of ether oxygens (including phenoxy) is 2. The van der Waals surface area contributed by atoms with Gasteiger partial charge in [-0.2, -0.15) is 0 Å². The van der Waals surface area contributed by atoms with E-state index in [9.17, 15) is 13.2 Å². The lowest BCUT2D eigenvalue weighted by Gasteiger charge is -2.43. The minimum atomic E-state index is -3.48. The molecule has 0 amide bonds. The molecule has 2 saturated heterocycles. The summed E-state index contributed by atoms with van der Waals surface area (Å²) in [5.74, 6) is -0.551. The molecule has 0 radical (unpaired) electrons. The Hall–Kier alpha value is -1.86. The second kappa shape index (κ2) is 11.8. The van der Waals surface area contributed by atoms with Crippen LogP contribution in [0.1, 0.15) is 31.9 Å². The number of nitrogens with zero attached hydrogens (tertiary/aromatic N) is 4. The molecule has 0 bridgehead atoms. The highest BCUT2D eigenvalue weighted by Gasteiger charge is 2.33. The van der Waals surface area contributed by atoms with Crippen LogP contribution in [0.15, 0.2) is 50.8 Å². The summed E-state index contributed by atoms with van der Waals surface area (Å²) in [6, 6.07) is 8.68. The summed E-state index contributed by atoms with van der Waals surface area (Å²) in [6.45, 7) is 11.3. The molecule has 2 aromatic carbocycles. The van der Waals surface area contributed by atoms with Crippen molar-refractivity contribution in [2.75, 3.05) is 45.1 Å².